The van der Waals surface area contributed by atoms with Crippen LogP contribution in [-0.2, 0) is 4.74 Å². The Labute approximate surface area is 121 Å². The van der Waals surface area contributed by atoms with E-state index in [0.29, 0.717) is 6.54 Å². The summed E-state index contributed by atoms with van der Waals surface area (Å²) in [6.45, 7) is 2.35. The molecule has 1 amide bonds. The van der Waals surface area contributed by atoms with E-state index in [-0.39, 0.29) is 11.7 Å². The van der Waals surface area contributed by atoms with Crippen molar-refractivity contribution < 1.29 is 9.53 Å². The lowest BCUT2D eigenvalue weighted by atomic mass is 9.95. The van der Waals surface area contributed by atoms with Gasteiger partial charge in [-0.3, -0.25) is 0 Å². The Morgan fingerprint density at radius 2 is 2.24 bits per heavy atom. The van der Waals surface area contributed by atoms with Crippen molar-refractivity contribution in [1.82, 2.24) is 20.3 Å². The first-order valence-corrected chi connectivity index (χ1v) is 7.26. The number of anilines is 1. The molecule has 2 aromatic rings. The molecule has 1 spiro atoms. The Morgan fingerprint density at radius 3 is 3.10 bits per heavy atom. The zero-order valence-electron chi connectivity index (χ0n) is 11.6. The zero-order chi connectivity index (χ0) is 14.3. The number of nitrogens with zero attached hydrogens (tertiary/aromatic N) is 3. The van der Waals surface area contributed by atoms with Crippen LogP contribution in [0.3, 0.4) is 0 Å². The van der Waals surface area contributed by atoms with E-state index in [4.69, 9.17) is 4.74 Å². The number of carbonyl (C=O) groups excluding carboxylic acids is 1. The Kier molecular flexibility index (Phi) is 2.73. The predicted octanol–water partition coefficient (Wildman–Crippen LogP) is 1.43. The lowest BCUT2D eigenvalue weighted by Crippen LogP contribution is -2.35. The van der Waals surface area contributed by atoms with Crippen molar-refractivity contribution in [3.63, 3.8) is 0 Å². The van der Waals surface area contributed by atoms with E-state index >= 15 is 0 Å². The van der Waals surface area contributed by atoms with Crippen molar-refractivity contribution >= 4 is 22.9 Å². The van der Waals surface area contributed by atoms with Crippen LogP contribution in [0.25, 0.3) is 11.0 Å². The minimum Gasteiger partial charge on any atom is -0.441 e. The molecule has 2 aliphatic heterocycles. The molecule has 2 aromatic heterocycles. The molecule has 1 unspecified atom stereocenters. The number of nitrogens with one attached hydrogen (secondary N) is 2. The fourth-order valence-electron chi connectivity index (χ4n) is 3.27. The quantitative estimate of drug-likeness (QED) is 0.829. The predicted molar refractivity (Wildman–Crippen MR) is 77.2 cm³/mol. The smallest absolute Gasteiger partial charge is 0.407 e. The van der Waals surface area contributed by atoms with Crippen LogP contribution in [0.2, 0.25) is 0 Å². The number of amides is 1. The maximum absolute atomic E-state index is 11.3. The second kappa shape index (κ2) is 4.61. The van der Waals surface area contributed by atoms with E-state index in [1.165, 1.54) is 0 Å². The molecule has 2 fully saturated rings. The summed E-state index contributed by atoms with van der Waals surface area (Å²) in [5.74, 6) is 0.954. The van der Waals surface area contributed by atoms with Gasteiger partial charge in [0.1, 0.15) is 23.4 Å². The van der Waals surface area contributed by atoms with Gasteiger partial charge in [-0.2, -0.15) is 0 Å². The van der Waals surface area contributed by atoms with E-state index < -0.39 is 0 Å². The maximum Gasteiger partial charge on any atom is 0.407 e. The van der Waals surface area contributed by atoms with Gasteiger partial charge in [0.2, 0.25) is 0 Å². The number of carbonyl (C=O) groups is 1. The van der Waals surface area contributed by atoms with Crippen molar-refractivity contribution in [2.45, 2.75) is 24.9 Å². The first-order chi connectivity index (χ1) is 10.3. The number of rotatable bonds is 1. The Bertz CT molecular complexity index is 685. The molecule has 110 valence electrons. The van der Waals surface area contributed by atoms with Crippen LogP contribution in [0.1, 0.15) is 19.3 Å². The van der Waals surface area contributed by atoms with Crippen LogP contribution < -0.4 is 10.2 Å². The fraction of sp³-hybridized carbons (Fsp3) is 0.500. The normalized spacial score (nSPS) is 25.9. The molecular formula is C14H17N5O2. The highest BCUT2D eigenvalue weighted by Crippen LogP contribution is 2.32. The summed E-state index contributed by atoms with van der Waals surface area (Å²) in [6, 6.07) is 2.00. The summed E-state index contributed by atoms with van der Waals surface area (Å²) >= 11 is 0. The molecule has 0 radical (unpaired) electrons. The van der Waals surface area contributed by atoms with Crippen molar-refractivity contribution in [3.8, 4) is 0 Å². The standard InChI is InChI=1S/C14H17N5O2/c20-13-16-8-14(21-13)3-1-6-19(7-4-14)12-10-2-5-15-11(10)17-9-18-12/h2,5,9H,1,3-4,6-8H2,(H,16,20)(H,15,17,18). The molecule has 0 aliphatic carbocycles. The van der Waals surface area contributed by atoms with Gasteiger partial charge in [0.15, 0.2) is 0 Å². The first kappa shape index (κ1) is 12.4. The molecule has 0 bridgehead atoms. The van der Waals surface area contributed by atoms with Gasteiger partial charge < -0.3 is 19.9 Å². The van der Waals surface area contributed by atoms with E-state index in [2.05, 4.69) is 25.2 Å². The summed E-state index contributed by atoms with van der Waals surface area (Å²) in [4.78, 5) is 25.4. The summed E-state index contributed by atoms with van der Waals surface area (Å²) < 4.78 is 5.51. The molecule has 0 saturated carbocycles. The number of hydrogen-bond donors (Lipinski definition) is 2. The van der Waals surface area contributed by atoms with E-state index in [9.17, 15) is 4.79 Å². The molecule has 2 saturated heterocycles. The lowest BCUT2D eigenvalue weighted by molar-refractivity contribution is 0.0473. The Morgan fingerprint density at radius 1 is 1.29 bits per heavy atom. The van der Waals surface area contributed by atoms with Crippen LogP contribution in [0.4, 0.5) is 10.6 Å². The summed E-state index contributed by atoms with van der Waals surface area (Å²) in [6.07, 6.45) is 5.87. The van der Waals surface area contributed by atoms with Crippen LogP contribution in [0, 0.1) is 0 Å². The molecule has 4 heterocycles. The summed E-state index contributed by atoms with van der Waals surface area (Å²) in [5.41, 5.74) is 0.517. The minimum absolute atomic E-state index is 0.293. The molecule has 2 N–H and O–H groups in total. The van der Waals surface area contributed by atoms with Gasteiger partial charge in [-0.25, -0.2) is 14.8 Å². The average Bonchev–Trinajstić information content (AvgIpc) is 3.04. The van der Waals surface area contributed by atoms with E-state index in [1.54, 1.807) is 6.33 Å². The van der Waals surface area contributed by atoms with Gasteiger partial charge in [-0.05, 0) is 18.9 Å². The van der Waals surface area contributed by atoms with Crippen molar-refractivity contribution in [1.29, 1.82) is 0 Å². The SMILES string of the molecule is O=C1NCC2(CCCN(c3ncnc4[nH]ccc34)CC2)O1. The number of aromatic nitrogens is 3. The van der Waals surface area contributed by atoms with E-state index in [0.717, 1.165) is 49.2 Å². The molecule has 0 aromatic carbocycles. The molecule has 2 aliphatic rings. The second-order valence-electron chi connectivity index (χ2n) is 5.70. The van der Waals surface area contributed by atoms with Crippen LogP contribution in [0.5, 0.6) is 0 Å². The van der Waals surface area contributed by atoms with Gasteiger partial charge in [0.05, 0.1) is 11.9 Å². The highest BCUT2D eigenvalue weighted by molar-refractivity contribution is 5.87. The topological polar surface area (TPSA) is 83.1 Å². The largest absolute Gasteiger partial charge is 0.441 e. The number of H-pyrrole nitrogens is 1. The first-order valence-electron chi connectivity index (χ1n) is 7.26. The van der Waals surface area contributed by atoms with Crippen molar-refractivity contribution in [2.24, 2.45) is 0 Å². The van der Waals surface area contributed by atoms with Gasteiger partial charge >= 0.3 is 6.09 Å². The number of alkyl carbamates (subject to hydrolysis) is 1. The zero-order valence-corrected chi connectivity index (χ0v) is 11.6. The molecular weight excluding hydrogens is 270 g/mol. The monoisotopic (exact) mass is 287 g/mol. The Balaban J connectivity index is 1.60. The number of fused-ring (bicyclic) bond motifs is 1. The third-order valence-electron chi connectivity index (χ3n) is 4.39. The lowest BCUT2D eigenvalue weighted by Gasteiger charge is -2.25. The highest BCUT2D eigenvalue weighted by Gasteiger charge is 2.41. The second-order valence-corrected chi connectivity index (χ2v) is 5.70. The van der Waals surface area contributed by atoms with E-state index in [1.807, 2.05) is 12.3 Å². The van der Waals surface area contributed by atoms with Gasteiger partial charge in [-0.15, -0.1) is 0 Å². The average molecular weight is 287 g/mol. The molecule has 21 heavy (non-hydrogen) atoms. The van der Waals surface area contributed by atoms with Crippen LogP contribution in [-0.4, -0.2) is 46.3 Å². The fourth-order valence-corrected chi connectivity index (χ4v) is 3.27. The number of hydrogen-bond acceptors (Lipinski definition) is 5. The number of aromatic amines is 1. The van der Waals surface area contributed by atoms with Gasteiger partial charge in [0.25, 0.3) is 0 Å². The Hall–Kier alpha value is -2.31. The van der Waals surface area contributed by atoms with Gasteiger partial charge in [-0.1, -0.05) is 0 Å². The third-order valence-corrected chi connectivity index (χ3v) is 4.39. The molecule has 7 nitrogen and oxygen atoms in total. The van der Waals surface area contributed by atoms with Crippen LogP contribution >= 0.6 is 0 Å². The molecule has 7 heteroatoms. The van der Waals surface area contributed by atoms with Crippen molar-refractivity contribution in [2.75, 3.05) is 24.5 Å². The maximum atomic E-state index is 11.3. The molecule has 4 rings (SSSR count). The summed E-state index contributed by atoms with van der Waals surface area (Å²) in [5, 5.41) is 3.81. The van der Waals surface area contributed by atoms with Gasteiger partial charge in [0, 0.05) is 25.7 Å². The number of ether oxygens (including phenoxy) is 1. The van der Waals surface area contributed by atoms with Crippen LogP contribution in [0.15, 0.2) is 18.6 Å². The summed E-state index contributed by atoms with van der Waals surface area (Å²) in [7, 11) is 0. The minimum atomic E-state index is -0.337. The highest BCUT2D eigenvalue weighted by atomic mass is 16.6. The third kappa shape index (κ3) is 2.09. The van der Waals surface area contributed by atoms with Crippen molar-refractivity contribution in [3.05, 3.63) is 18.6 Å². The molecule has 1 atom stereocenters.